The number of aliphatic carboxylic acids is 1. The van der Waals surface area contributed by atoms with E-state index in [4.69, 9.17) is 4.74 Å². The maximum atomic E-state index is 11.6. The van der Waals surface area contributed by atoms with Gasteiger partial charge < -0.3 is 19.8 Å². The van der Waals surface area contributed by atoms with Gasteiger partial charge in [0.05, 0.1) is 18.7 Å². The molecule has 1 saturated heterocycles. The molecule has 1 unspecified atom stereocenters. The second-order valence-corrected chi connectivity index (χ2v) is 9.71. The fourth-order valence-corrected chi connectivity index (χ4v) is 5.36. The van der Waals surface area contributed by atoms with Gasteiger partial charge in [-0.25, -0.2) is 9.97 Å². The molecule has 8 heteroatoms. The van der Waals surface area contributed by atoms with Gasteiger partial charge in [0.25, 0.3) is 0 Å². The Morgan fingerprint density at radius 2 is 1.97 bits per heavy atom. The minimum atomic E-state index is -0.749. The van der Waals surface area contributed by atoms with E-state index in [-0.39, 0.29) is 18.3 Å². The molecule has 1 aliphatic heterocycles. The first kappa shape index (κ1) is 26.0. The lowest BCUT2D eigenvalue weighted by Crippen LogP contribution is -2.41. The molecule has 0 saturated carbocycles. The van der Waals surface area contributed by atoms with E-state index in [0.29, 0.717) is 6.42 Å². The van der Waals surface area contributed by atoms with Crippen molar-refractivity contribution in [2.75, 3.05) is 26.7 Å². The molecular weight excluding hydrogens is 456 g/mol. The predicted octanol–water partition coefficient (Wildman–Crippen LogP) is 4.28. The third-order valence-corrected chi connectivity index (χ3v) is 7.31. The highest BCUT2D eigenvalue weighted by atomic mass is 16.5. The number of aromatic nitrogens is 3. The van der Waals surface area contributed by atoms with E-state index in [1.54, 1.807) is 25.7 Å². The topological polar surface area (TPSA) is 109 Å². The van der Waals surface area contributed by atoms with Gasteiger partial charge in [-0.1, -0.05) is 0 Å². The molecule has 3 atom stereocenters. The van der Waals surface area contributed by atoms with E-state index in [1.807, 2.05) is 30.3 Å². The maximum Gasteiger partial charge on any atom is 0.303 e. The Bertz CT molecular complexity index is 1130. The lowest BCUT2D eigenvalue weighted by molar-refractivity contribution is -0.139. The van der Waals surface area contributed by atoms with Gasteiger partial charge in [-0.2, -0.15) is 0 Å². The number of benzene rings is 1. The fraction of sp³-hybridized carbons (Fsp3) is 0.500. The van der Waals surface area contributed by atoms with Crippen LogP contribution < -0.4 is 4.74 Å². The summed E-state index contributed by atoms with van der Waals surface area (Å²) in [6, 6.07) is 9.37. The van der Waals surface area contributed by atoms with Gasteiger partial charge >= 0.3 is 5.97 Å². The molecule has 3 heterocycles. The number of pyridine rings is 1. The number of fused-ring (bicyclic) bond motifs is 1. The van der Waals surface area contributed by atoms with Crippen molar-refractivity contribution in [3.8, 4) is 5.75 Å². The van der Waals surface area contributed by atoms with Crippen LogP contribution in [0.5, 0.6) is 5.75 Å². The van der Waals surface area contributed by atoms with Gasteiger partial charge in [0.15, 0.2) is 0 Å². The number of carboxylic acids is 1. The van der Waals surface area contributed by atoms with Gasteiger partial charge in [0, 0.05) is 43.4 Å². The van der Waals surface area contributed by atoms with Gasteiger partial charge in [-0.05, 0) is 92.9 Å². The fourth-order valence-electron chi connectivity index (χ4n) is 5.36. The number of ether oxygens (including phenoxy) is 1. The summed E-state index contributed by atoms with van der Waals surface area (Å²) in [5.74, 6) is 1.23. The molecule has 8 nitrogen and oxygen atoms in total. The predicted molar refractivity (Wildman–Crippen MR) is 138 cm³/mol. The Kier molecular flexibility index (Phi) is 9.19. The summed E-state index contributed by atoms with van der Waals surface area (Å²) in [6.07, 6.45) is 10.1. The molecule has 0 spiro atoms. The number of likely N-dealkylation sites (tertiary alicyclic amines) is 1. The first-order chi connectivity index (χ1) is 17.5. The van der Waals surface area contributed by atoms with E-state index < -0.39 is 12.1 Å². The summed E-state index contributed by atoms with van der Waals surface area (Å²) in [7, 11) is 1.63. The Morgan fingerprint density at radius 3 is 2.75 bits per heavy atom. The second kappa shape index (κ2) is 12.7. The SMILES string of the molecule is COc1ccc2nccc(C(O)CC[C@@H]3CCN(CCCCc4ncccn4)C[C@@H]3CC(=O)O)c2c1. The molecule has 36 heavy (non-hydrogen) atoms. The molecule has 0 bridgehead atoms. The van der Waals surface area contributed by atoms with Crippen molar-refractivity contribution < 1.29 is 19.7 Å². The molecule has 0 aliphatic carbocycles. The van der Waals surface area contributed by atoms with Crippen LogP contribution in [0.4, 0.5) is 0 Å². The van der Waals surface area contributed by atoms with Crippen LogP contribution in [0.1, 0.15) is 56.0 Å². The number of aliphatic hydroxyl groups excluding tert-OH is 1. The molecular formula is C28H36N4O4. The third-order valence-electron chi connectivity index (χ3n) is 7.31. The number of piperidine rings is 1. The average molecular weight is 493 g/mol. The van der Waals surface area contributed by atoms with Gasteiger partial charge in [-0.15, -0.1) is 0 Å². The molecule has 192 valence electrons. The minimum absolute atomic E-state index is 0.0928. The number of hydrogen-bond donors (Lipinski definition) is 2. The number of methoxy groups -OCH3 is 1. The Balaban J connectivity index is 1.31. The van der Waals surface area contributed by atoms with Crippen molar-refractivity contribution in [3.05, 3.63) is 60.3 Å². The normalized spacial score (nSPS) is 19.3. The maximum absolute atomic E-state index is 11.6. The van der Waals surface area contributed by atoms with Crippen molar-refractivity contribution >= 4 is 16.9 Å². The van der Waals surface area contributed by atoms with E-state index in [2.05, 4.69) is 19.9 Å². The Labute approximate surface area is 212 Å². The van der Waals surface area contributed by atoms with Gasteiger partial charge in [0.2, 0.25) is 0 Å². The number of nitrogens with zero attached hydrogens (tertiary/aromatic N) is 4. The van der Waals surface area contributed by atoms with Gasteiger partial charge in [0.1, 0.15) is 11.6 Å². The summed E-state index contributed by atoms with van der Waals surface area (Å²) >= 11 is 0. The molecule has 1 aromatic carbocycles. The summed E-state index contributed by atoms with van der Waals surface area (Å²) in [6.45, 7) is 2.72. The monoisotopic (exact) mass is 492 g/mol. The van der Waals surface area contributed by atoms with Crippen molar-refractivity contribution in [1.29, 1.82) is 0 Å². The zero-order chi connectivity index (χ0) is 25.3. The van der Waals surface area contributed by atoms with E-state index >= 15 is 0 Å². The quantitative estimate of drug-likeness (QED) is 0.361. The standard InChI is InChI=1S/C28H36N4O4/c1-36-22-7-8-25-24(18-22)23(10-14-29-25)26(33)9-6-20-11-16-32(19-21(20)17-28(34)35)15-3-2-5-27-30-12-4-13-31-27/h4,7-8,10,12-14,18,20-21,26,33H,2-3,5-6,9,11,15-17,19H2,1H3,(H,34,35)/t20-,21+,26?/m1/s1. The number of rotatable bonds is 12. The summed E-state index contributed by atoms with van der Waals surface area (Å²) in [4.78, 5) is 27.0. The van der Waals surface area contributed by atoms with E-state index in [9.17, 15) is 15.0 Å². The minimum Gasteiger partial charge on any atom is -0.497 e. The van der Waals surface area contributed by atoms with Crippen LogP contribution in [0, 0.1) is 11.8 Å². The largest absolute Gasteiger partial charge is 0.497 e. The second-order valence-electron chi connectivity index (χ2n) is 9.71. The van der Waals surface area contributed by atoms with Gasteiger partial charge in [-0.3, -0.25) is 9.78 Å². The lowest BCUT2D eigenvalue weighted by Gasteiger charge is -2.38. The molecule has 2 N–H and O–H groups in total. The highest BCUT2D eigenvalue weighted by molar-refractivity contribution is 5.83. The van der Waals surface area contributed by atoms with Crippen LogP contribution in [0.3, 0.4) is 0 Å². The van der Waals surface area contributed by atoms with Crippen LogP contribution in [0.25, 0.3) is 10.9 Å². The van der Waals surface area contributed by atoms with Crippen LogP contribution in [-0.2, 0) is 11.2 Å². The molecule has 2 aromatic heterocycles. The first-order valence-corrected chi connectivity index (χ1v) is 12.8. The van der Waals surface area contributed by atoms with Crippen LogP contribution >= 0.6 is 0 Å². The molecule has 3 aromatic rings. The average Bonchev–Trinajstić information content (AvgIpc) is 2.90. The number of hydrogen-bond acceptors (Lipinski definition) is 7. The number of carbonyl (C=O) groups is 1. The molecule has 4 rings (SSSR count). The van der Waals surface area contributed by atoms with Crippen LogP contribution in [-0.4, -0.2) is 62.8 Å². The van der Waals surface area contributed by atoms with Crippen LogP contribution in [0.2, 0.25) is 0 Å². The Morgan fingerprint density at radius 1 is 1.14 bits per heavy atom. The third kappa shape index (κ3) is 6.98. The molecule has 1 aliphatic rings. The first-order valence-electron chi connectivity index (χ1n) is 12.8. The highest BCUT2D eigenvalue weighted by Gasteiger charge is 2.31. The van der Waals surface area contributed by atoms with Crippen molar-refractivity contribution in [3.63, 3.8) is 0 Å². The van der Waals surface area contributed by atoms with Crippen molar-refractivity contribution in [2.45, 2.75) is 51.0 Å². The summed E-state index contributed by atoms with van der Waals surface area (Å²) in [5, 5.41) is 21.5. The smallest absolute Gasteiger partial charge is 0.303 e. The van der Waals surface area contributed by atoms with E-state index in [0.717, 1.165) is 79.8 Å². The number of aryl methyl sites for hydroxylation is 1. The molecule has 1 fully saturated rings. The number of unbranched alkanes of at least 4 members (excludes halogenated alkanes) is 1. The summed E-state index contributed by atoms with van der Waals surface area (Å²) in [5.41, 5.74) is 1.66. The Hall–Kier alpha value is -3.10. The van der Waals surface area contributed by atoms with Crippen molar-refractivity contribution in [1.82, 2.24) is 19.9 Å². The number of aliphatic hydroxyl groups is 1. The zero-order valence-corrected chi connectivity index (χ0v) is 20.9. The zero-order valence-electron chi connectivity index (χ0n) is 20.9. The lowest BCUT2D eigenvalue weighted by atomic mass is 9.79. The number of carboxylic acid groups (broad SMARTS) is 1. The molecule has 0 amide bonds. The van der Waals surface area contributed by atoms with Crippen LogP contribution in [0.15, 0.2) is 48.9 Å². The van der Waals surface area contributed by atoms with E-state index in [1.165, 1.54) is 0 Å². The van der Waals surface area contributed by atoms with Crippen molar-refractivity contribution in [2.24, 2.45) is 11.8 Å². The summed E-state index contributed by atoms with van der Waals surface area (Å²) < 4.78 is 5.35. The highest BCUT2D eigenvalue weighted by Crippen LogP contribution is 2.34. The molecule has 0 radical (unpaired) electrons.